The third kappa shape index (κ3) is 4.36. The highest BCUT2D eigenvalue weighted by molar-refractivity contribution is 5.85. The Hall–Kier alpha value is -2.38. The number of carbonyl (C=O) groups is 1. The normalized spacial score (nSPS) is 21.1. The molecule has 8 heteroatoms. The van der Waals surface area contributed by atoms with Crippen LogP contribution in [0, 0.1) is 0 Å². The Morgan fingerprint density at radius 3 is 2.57 bits per heavy atom. The quantitative estimate of drug-likeness (QED) is 0.819. The van der Waals surface area contributed by atoms with Crippen LogP contribution >= 0.6 is 12.4 Å². The molecule has 2 unspecified atom stereocenters. The SMILES string of the molecule is Cl.O=C(Cn1c(=O)ccn(Cc2ccccc2)c1=O)N1CCC2CCC(C1)N2. The van der Waals surface area contributed by atoms with Gasteiger partial charge < -0.3 is 10.2 Å². The predicted octanol–water partition coefficient (Wildman–Crippen LogP) is 0.833. The van der Waals surface area contributed by atoms with Crippen LogP contribution in [0.4, 0.5) is 0 Å². The lowest BCUT2D eigenvalue weighted by Crippen LogP contribution is -2.46. The van der Waals surface area contributed by atoms with Gasteiger partial charge in [0.15, 0.2) is 0 Å². The topological polar surface area (TPSA) is 76.3 Å². The van der Waals surface area contributed by atoms with E-state index >= 15 is 0 Å². The first-order valence-electron chi connectivity index (χ1n) is 9.48. The van der Waals surface area contributed by atoms with Gasteiger partial charge in [-0.15, -0.1) is 12.4 Å². The largest absolute Gasteiger partial charge is 0.340 e. The lowest BCUT2D eigenvalue weighted by molar-refractivity contribution is -0.132. The van der Waals surface area contributed by atoms with Crippen molar-refractivity contribution >= 4 is 18.3 Å². The lowest BCUT2D eigenvalue weighted by atomic mass is 10.1. The highest BCUT2D eigenvalue weighted by atomic mass is 35.5. The van der Waals surface area contributed by atoms with Gasteiger partial charge in [-0.2, -0.15) is 0 Å². The summed E-state index contributed by atoms with van der Waals surface area (Å²) in [5.41, 5.74) is 0.0760. The summed E-state index contributed by atoms with van der Waals surface area (Å²) in [6, 6.07) is 11.7. The number of benzene rings is 1. The fourth-order valence-electron chi connectivity index (χ4n) is 4.01. The molecule has 1 aromatic heterocycles. The minimum absolute atomic E-state index is 0. The van der Waals surface area contributed by atoms with E-state index in [0.29, 0.717) is 31.7 Å². The molecular formula is C20H25ClN4O3. The first-order chi connectivity index (χ1) is 13.1. The van der Waals surface area contributed by atoms with E-state index in [1.165, 1.54) is 16.8 Å². The van der Waals surface area contributed by atoms with E-state index in [2.05, 4.69) is 5.32 Å². The van der Waals surface area contributed by atoms with Crippen molar-refractivity contribution in [3.8, 4) is 0 Å². The van der Waals surface area contributed by atoms with Crippen LogP contribution in [-0.4, -0.2) is 45.1 Å². The molecule has 150 valence electrons. The van der Waals surface area contributed by atoms with Crippen molar-refractivity contribution in [2.24, 2.45) is 0 Å². The van der Waals surface area contributed by atoms with E-state index in [4.69, 9.17) is 0 Å². The van der Waals surface area contributed by atoms with Crippen molar-refractivity contribution in [2.45, 2.75) is 44.4 Å². The van der Waals surface area contributed by atoms with Gasteiger partial charge in [0.25, 0.3) is 5.56 Å². The van der Waals surface area contributed by atoms with Gasteiger partial charge in [0.2, 0.25) is 5.91 Å². The Labute approximate surface area is 169 Å². The minimum atomic E-state index is -0.450. The van der Waals surface area contributed by atoms with Gasteiger partial charge in [-0.1, -0.05) is 30.3 Å². The Kier molecular flexibility index (Phi) is 6.36. The maximum absolute atomic E-state index is 12.8. The second kappa shape index (κ2) is 8.75. The third-order valence-electron chi connectivity index (χ3n) is 5.50. The molecule has 2 saturated heterocycles. The molecule has 1 aromatic carbocycles. The number of fused-ring (bicyclic) bond motifs is 2. The zero-order valence-corrected chi connectivity index (χ0v) is 16.4. The molecule has 28 heavy (non-hydrogen) atoms. The van der Waals surface area contributed by atoms with Crippen LogP contribution < -0.4 is 16.6 Å². The number of nitrogens with zero attached hydrogens (tertiary/aromatic N) is 3. The number of amides is 1. The van der Waals surface area contributed by atoms with Crippen LogP contribution in [0.5, 0.6) is 0 Å². The van der Waals surface area contributed by atoms with Crippen molar-refractivity contribution in [1.29, 1.82) is 0 Å². The lowest BCUT2D eigenvalue weighted by Gasteiger charge is -2.24. The van der Waals surface area contributed by atoms with E-state index < -0.39 is 11.2 Å². The molecule has 2 aliphatic heterocycles. The van der Waals surface area contributed by atoms with Crippen LogP contribution in [0.3, 0.4) is 0 Å². The number of aromatic nitrogens is 2. The molecule has 3 heterocycles. The molecule has 0 saturated carbocycles. The van der Waals surface area contributed by atoms with Crippen molar-refractivity contribution in [3.63, 3.8) is 0 Å². The average Bonchev–Trinajstić information content (AvgIpc) is 3.00. The fourth-order valence-corrected chi connectivity index (χ4v) is 4.01. The van der Waals surface area contributed by atoms with Gasteiger partial charge in [-0.05, 0) is 24.8 Å². The molecule has 2 atom stereocenters. The number of carbonyl (C=O) groups excluding carboxylic acids is 1. The standard InChI is InChI=1S/C20H24N4O3.ClH/c25-18-9-11-23(12-15-4-2-1-3-5-15)20(27)24(18)14-19(26)22-10-8-16-6-7-17(13-22)21-16;/h1-5,9,11,16-17,21H,6-8,10,12-14H2;1H. The van der Waals surface area contributed by atoms with Crippen molar-refractivity contribution in [3.05, 3.63) is 69.0 Å². The number of rotatable bonds is 4. The highest BCUT2D eigenvalue weighted by Crippen LogP contribution is 2.20. The number of halogens is 1. The van der Waals surface area contributed by atoms with Crippen LogP contribution in [0.15, 0.2) is 52.2 Å². The van der Waals surface area contributed by atoms with Gasteiger partial charge in [0.1, 0.15) is 6.54 Å². The molecule has 2 fully saturated rings. The molecule has 1 N–H and O–H groups in total. The summed E-state index contributed by atoms with van der Waals surface area (Å²) in [5, 5.41) is 3.53. The number of hydrogen-bond donors (Lipinski definition) is 1. The van der Waals surface area contributed by atoms with Gasteiger partial charge in [-0.25, -0.2) is 4.79 Å². The maximum atomic E-state index is 12.8. The summed E-state index contributed by atoms with van der Waals surface area (Å²) in [5.74, 6) is -0.166. The van der Waals surface area contributed by atoms with Gasteiger partial charge in [0, 0.05) is 37.4 Å². The smallest absolute Gasteiger partial charge is 0.331 e. The monoisotopic (exact) mass is 404 g/mol. The van der Waals surface area contributed by atoms with Gasteiger partial charge in [0.05, 0.1) is 6.54 Å². The Morgan fingerprint density at radius 1 is 1.04 bits per heavy atom. The predicted molar refractivity (Wildman–Crippen MR) is 109 cm³/mol. The summed E-state index contributed by atoms with van der Waals surface area (Å²) >= 11 is 0. The van der Waals surface area contributed by atoms with E-state index in [9.17, 15) is 14.4 Å². The summed E-state index contributed by atoms with van der Waals surface area (Å²) in [6.07, 6.45) is 4.65. The first kappa shape index (κ1) is 20.4. The molecule has 4 rings (SSSR count). The summed E-state index contributed by atoms with van der Waals surface area (Å²) in [4.78, 5) is 39.5. The number of likely N-dealkylation sites (tertiary alicyclic amines) is 1. The number of nitrogens with one attached hydrogen (secondary N) is 1. The zero-order chi connectivity index (χ0) is 18.8. The summed E-state index contributed by atoms with van der Waals surface area (Å²) in [7, 11) is 0. The van der Waals surface area contributed by atoms with E-state index in [-0.39, 0.29) is 24.9 Å². The van der Waals surface area contributed by atoms with Gasteiger partial charge in [-0.3, -0.25) is 18.7 Å². The molecule has 0 aliphatic carbocycles. The molecule has 0 radical (unpaired) electrons. The Morgan fingerprint density at radius 2 is 1.79 bits per heavy atom. The van der Waals surface area contributed by atoms with Crippen molar-refractivity contribution in [1.82, 2.24) is 19.4 Å². The molecule has 0 spiro atoms. The van der Waals surface area contributed by atoms with Crippen molar-refractivity contribution < 1.29 is 4.79 Å². The fraction of sp³-hybridized carbons (Fsp3) is 0.450. The molecular weight excluding hydrogens is 380 g/mol. The molecule has 7 nitrogen and oxygen atoms in total. The Balaban J connectivity index is 0.00000225. The van der Waals surface area contributed by atoms with Crippen LogP contribution in [0.25, 0.3) is 0 Å². The average molecular weight is 405 g/mol. The maximum Gasteiger partial charge on any atom is 0.331 e. The highest BCUT2D eigenvalue weighted by Gasteiger charge is 2.31. The summed E-state index contributed by atoms with van der Waals surface area (Å²) < 4.78 is 2.51. The summed E-state index contributed by atoms with van der Waals surface area (Å²) in [6.45, 7) is 1.48. The van der Waals surface area contributed by atoms with Gasteiger partial charge >= 0.3 is 5.69 Å². The zero-order valence-electron chi connectivity index (χ0n) is 15.6. The molecule has 1 amide bonds. The third-order valence-corrected chi connectivity index (χ3v) is 5.50. The van der Waals surface area contributed by atoms with Crippen LogP contribution in [0.2, 0.25) is 0 Å². The van der Waals surface area contributed by atoms with E-state index in [1.807, 2.05) is 30.3 Å². The van der Waals surface area contributed by atoms with Crippen LogP contribution in [-0.2, 0) is 17.9 Å². The minimum Gasteiger partial charge on any atom is -0.340 e. The van der Waals surface area contributed by atoms with Crippen molar-refractivity contribution in [2.75, 3.05) is 13.1 Å². The van der Waals surface area contributed by atoms with Crippen LogP contribution in [0.1, 0.15) is 24.8 Å². The molecule has 2 aromatic rings. The molecule has 2 aliphatic rings. The Bertz CT molecular complexity index is 940. The van der Waals surface area contributed by atoms with E-state index in [0.717, 1.165) is 29.4 Å². The first-order valence-corrected chi connectivity index (χ1v) is 9.48. The van der Waals surface area contributed by atoms with E-state index in [1.54, 1.807) is 4.90 Å². The second-order valence-corrected chi connectivity index (χ2v) is 7.40. The number of hydrogen-bond acceptors (Lipinski definition) is 4. The second-order valence-electron chi connectivity index (χ2n) is 7.40. The molecule has 2 bridgehead atoms.